The molecule has 162 valence electrons. The summed E-state index contributed by atoms with van der Waals surface area (Å²) in [4.78, 5) is 14.9. The highest BCUT2D eigenvalue weighted by Crippen LogP contribution is 2.31. The van der Waals surface area contributed by atoms with E-state index >= 15 is 0 Å². The van der Waals surface area contributed by atoms with Gasteiger partial charge >= 0.3 is 0 Å². The number of nitrogens with one attached hydrogen (secondary N) is 2. The van der Waals surface area contributed by atoms with E-state index in [-0.39, 0.29) is 11.2 Å². The molecular weight excluding hydrogens is 418 g/mol. The largest absolute Gasteiger partial charge is 0.378 e. The molecule has 2 aromatic rings. The van der Waals surface area contributed by atoms with Gasteiger partial charge in [-0.15, -0.1) is 10.2 Å². The topological polar surface area (TPSA) is 79.4 Å². The minimum atomic E-state index is -0.251. The van der Waals surface area contributed by atoms with Crippen molar-refractivity contribution in [1.29, 1.82) is 0 Å². The van der Waals surface area contributed by atoms with Crippen LogP contribution in [0.4, 0.5) is 16.5 Å². The molecule has 1 saturated heterocycles. The Labute approximate surface area is 186 Å². The second-order valence-electron chi connectivity index (χ2n) is 7.75. The summed E-state index contributed by atoms with van der Waals surface area (Å²) in [7, 11) is 0. The Kier molecular flexibility index (Phi) is 7.46. The molecule has 4 rings (SSSR count). The first-order chi connectivity index (χ1) is 14.7. The monoisotopic (exact) mass is 447 g/mol. The minimum Gasteiger partial charge on any atom is -0.378 e. The van der Waals surface area contributed by atoms with Crippen LogP contribution in [0, 0.1) is 0 Å². The van der Waals surface area contributed by atoms with E-state index in [1.165, 1.54) is 55.2 Å². The molecule has 1 saturated carbocycles. The Bertz CT molecular complexity index is 817. The van der Waals surface area contributed by atoms with Gasteiger partial charge in [-0.1, -0.05) is 42.4 Å². The number of amides is 1. The van der Waals surface area contributed by atoms with Crippen LogP contribution in [-0.2, 0) is 9.53 Å². The molecule has 1 aromatic heterocycles. The van der Waals surface area contributed by atoms with Crippen molar-refractivity contribution < 1.29 is 9.53 Å². The lowest BCUT2D eigenvalue weighted by atomic mass is 9.96. The van der Waals surface area contributed by atoms with Crippen molar-refractivity contribution >= 4 is 45.5 Å². The number of benzene rings is 1. The number of thioether (sulfide) groups is 1. The van der Waals surface area contributed by atoms with Gasteiger partial charge in [0.05, 0.1) is 18.5 Å². The molecule has 1 aliphatic carbocycles. The number of aromatic nitrogens is 2. The lowest BCUT2D eigenvalue weighted by Crippen LogP contribution is -2.36. The minimum absolute atomic E-state index is 0.0314. The van der Waals surface area contributed by atoms with Crippen molar-refractivity contribution in [2.45, 2.75) is 54.7 Å². The Morgan fingerprint density at radius 2 is 1.90 bits per heavy atom. The zero-order chi connectivity index (χ0) is 20.8. The molecule has 0 radical (unpaired) electrons. The van der Waals surface area contributed by atoms with E-state index < -0.39 is 0 Å². The average molecular weight is 448 g/mol. The van der Waals surface area contributed by atoms with Gasteiger partial charge in [0.2, 0.25) is 11.0 Å². The third kappa shape index (κ3) is 5.86. The summed E-state index contributed by atoms with van der Waals surface area (Å²) >= 11 is 2.98. The van der Waals surface area contributed by atoms with Crippen molar-refractivity contribution in [3.63, 3.8) is 0 Å². The van der Waals surface area contributed by atoms with E-state index in [2.05, 4.69) is 25.7 Å². The van der Waals surface area contributed by atoms with Crippen molar-refractivity contribution in [3.05, 3.63) is 24.3 Å². The highest BCUT2D eigenvalue weighted by molar-refractivity contribution is 8.02. The smallest absolute Gasteiger partial charge is 0.237 e. The van der Waals surface area contributed by atoms with Gasteiger partial charge in [0, 0.05) is 30.5 Å². The van der Waals surface area contributed by atoms with E-state index in [9.17, 15) is 4.79 Å². The molecule has 7 nitrogen and oxygen atoms in total. The van der Waals surface area contributed by atoms with Gasteiger partial charge in [0.25, 0.3) is 0 Å². The number of nitrogens with zero attached hydrogens (tertiary/aromatic N) is 3. The molecule has 0 bridgehead atoms. The second-order valence-corrected chi connectivity index (χ2v) is 10.3. The molecule has 1 aromatic carbocycles. The molecule has 9 heteroatoms. The molecule has 1 amide bonds. The number of carbonyl (C=O) groups is 1. The zero-order valence-electron chi connectivity index (χ0n) is 17.3. The average Bonchev–Trinajstić information content (AvgIpc) is 3.22. The molecule has 1 atom stereocenters. The van der Waals surface area contributed by atoms with Gasteiger partial charge in [-0.25, -0.2) is 0 Å². The van der Waals surface area contributed by atoms with Gasteiger partial charge in [-0.05, 0) is 44.0 Å². The van der Waals surface area contributed by atoms with E-state index in [1.54, 1.807) is 0 Å². The summed E-state index contributed by atoms with van der Waals surface area (Å²) < 4.78 is 6.22. The Morgan fingerprint density at radius 3 is 2.63 bits per heavy atom. The maximum atomic E-state index is 12.6. The molecule has 2 fully saturated rings. The van der Waals surface area contributed by atoms with Crippen LogP contribution in [-0.4, -0.2) is 53.7 Å². The lowest BCUT2D eigenvalue weighted by Gasteiger charge is -2.28. The van der Waals surface area contributed by atoms with Crippen LogP contribution >= 0.6 is 23.1 Å². The normalized spacial score (nSPS) is 18.8. The molecule has 2 N–H and O–H groups in total. The van der Waals surface area contributed by atoms with Crippen LogP contribution in [0.3, 0.4) is 0 Å². The van der Waals surface area contributed by atoms with Gasteiger partial charge in [-0.3, -0.25) is 4.79 Å². The Balaban J connectivity index is 1.26. The molecular formula is C21H29N5O2S2. The molecule has 30 heavy (non-hydrogen) atoms. The number of anilines is 3. The number of hydrogen-bond donors (Lipinski definition) is 2. The van der Waals surface area contributed by atoms with Crippen molar-refractivity contribution in [2.75, 3.05) is 41.8 Å². The number of rotatable bonds is 7. The van der Waals surface area contributed by atoms with Crippen molar-refractivity contribution in [3.8, 4) is 0 Å². The maximum absolute atomic E-state index is 12.6. The molecule has 2 heterocycles. The van der Waals surface area contributed by atoms with Gasteiger partial charge in [-0.2, -0.15) is 0 Å². The van der Waals surface area contributed by atoms with E-state index in [4.69, 9.17) is 4.74 Å². The third-order valence-electron chi connectivity index (χ3n) is 5.50. The first-order valence-electron chi connectivity index (χ1n) is 10.7. The molecule has 1 aliphatic heterocycles. The van der Waals surface area contributed by atoms with Crippen LogP contribution in [0.15, 0.2) is 28.6 Å². The summed E-state index contributed by atoms with van der Waals surface area (Å²) in [6, 6.07) is 8.51. The summed E-state index contributed by atoms with van der Waals surface area (Å²) in [5.41, 5.74) is 1.96. The Morgan fingerprint density at radius 1 is 1.17 bits per heavy atom. The van der Waals surface area contributed by atoms with E-state index in [0.717, 1.165) is 47.1 Å². The SMILES string of the molecule is C[C@@H](Sc1nnc(NC2CCCCC2)s1)C(=O)Nc1ccc(N2CCOCC2)cc1. The summed E-state index contributed by atoms with van der Waals surface area (Å²) in [5.74, 6) is -0.0314. The predicted molar refractivity (Wildman–Crippen MR) is 124 cm³/mol. The first-order valence-corrected chi connectivity index (χ1v) is 12.4. The van der Waals surface area contributed by atoms with Crippen LogP contribution in [0.1, 0.15) is 39.0 Å². The molecule has 0 unspecified atom stereocenters. The fraction of sp³-hybridized carbons (Fsp3) is 0.571. The standard InChI is InChI=1S/C21H29N5O2S2/c1-15(29-21-25-24-20(30-21)23-16-5-3-2-4-6-16)19(27)22-17-7-9-18(10-8-17)26-11-13-28-14-12-26/h7-10,15-16H,2-6,11-14H2,1H3,(H,22,27)(H,23,24)/t15-/m1/s1. The van der Waals surface area contributed by atoms with Crippen LogP contribution in [0.2, 0.25) is 0 Å². The highest BCUT2D eigenvalue weighted by Gasteiger charge is 2.19. The van der Waals surface area contributed by atoms with Crippen LogP contribution in [0.5, 0.6) is 0 Å². The van der Waals surface area contributed by atoms with Crippen LogP contribution in [0.25, 0.3) is 0 Å². The fourth-order valence-corrected chi connectivity index (χ4v) is 5.74. The van der Waals surface area contributed by atoms with Gasteiger partial charge in [0.15, 0.2) is 4.34 Å². The number of hydrogen-bond acceptors (Lipinski definition) is 8. The highest BCUT2D eigenvalue weighted by atomic mass is 32.2. The van der Waals surface area contributed by atoms with Crippen LogP contribution < -0.4 is 15.5 Å². The predicted octanol–water partition coefficient (Wildman–Crippen LogP) is 4.24. The second kappa shape index (κ2) is 10.5. The van der Waals surface area contributed by atoms with Crippen molar-refractivity contribution in [1.82, 2.24) is 10.2 Å². The lowest BCUT2D eigenvalue weighted by molar-refractivity contribution is -0.115. The van der Waals surface area contributed by atoms with Gasteiger partial charge in [0.1, 0.15) is 0 Å². The maximum Gasteiger partial charge on any atom is 0.237 e. The molecule has 2 aliphatic rings. The zero-order valence-corrected chi connectivity index (χ0v) is 18.9. The number of ether oxygens (including phenoxy) is 1. The quantitative estimate of drug-likeness (QED) is 0.615. The van der Waals surface area contributed by atoms with Gasteiger partial charge < -0.3 is 20.3 Å². The van der Waals surface area contributed by atoms with Crippen molar-refractivity contribution in [2.24, 2.45) is 0 Å². The first kappa shape index (κ1) is 21.4. The summed E-state index contributed by atoms with van der Waals surface area (Å²) in [6.45, 7) is 5.23. The fourth-order valence-electron chi connectivity index (χ4n) is 3.76. The number of morpholine rings is 1. The van der Waals surface area contributed by atoms with E-state index in [0.29, 0.717) is 6.04 Å². The summed E-state index contributed by atoms with van der Waals surface area (Å²) in [5, 5.41) is 15.6. The van der Waals surface area contributed by atoms with E-state index in [1.807, 2.05) is 31.2 Å². The Hall–Kier alpha value is -1.84. The molecule has 0 spiro atoms. The third-order valence-corrected chi connectivity index (χ3v) is 7.54. The number of carbonyl (C=O) groups excluding carboxylic acids is 1. The summed E-state index contributed by atoms with van der Waals surface area (Å²) in [6.07, 6.45) is 6.29.